The van der Waals surface area contributed by atoms with E-state index in [1.807, 2.05) is 0 Å². The average molecular weight is 233 g/mol. The fourth-order valence-electron chi connectivity index (χ4n) is 2.30. The molecule has 1 aliphatic heterocycles. The minimum Gasteiger partial charge on any atom is -0.316 e. The van der Waals surface area contributed by atoms with E-state index in [1.165, 1.54) is 0 Å². The Hall–Kier alpha value is -0.0900. The Morgan fingerprint density at radius 3 is 2.60 bits per heavy atom. The van der Waals surface area contributed by atoms with Crippen molar-refractivity contribution in [3.8, 4) is 0 Å². The minimum atomic E-state index is -2.71. The molecular formula is C11H23NO2S. The number of hydrogen-bond donors (Lipinski definition) is 1. The molecule has 1 fully saturated rings. The van der Waals surface area contributed by atoms with Gasteiger partial charge in [0.05, 0.1) is 11.5 Å². The number of hydrogen-bond acceptors (Lipinski definition) is 3. The second kappa shape index (κ2) is 5.85. The summed E-state index contributed by atoms with van der Waals surface area (Å²) in [7, 11) is -2.71. The van der Waals surface area contributed by atoms with Gasteiger partial charge in [-0.15, -0.1) is 0 Å². The quantitative estimate of drug-likeness (QED) is 0.706. The first-order valence-corrected chi connectivity index (χ1v) is 7.82. The largest absolute Gasteiger partial charge is 0.316 e. The molecule has 0 aromatic heterocycles. The van der Waals surface area contributed by atoms with E-state index in [-0.39, 0.29) is 0 Å². The maximum absolute atomic E-state index is 11.4. The van der Waals surface area contributed by atoms with E-state index in [4.69, 9.17) is 0 Å². The molecule has 0 radical (unpaired) electrons. The van der Waals surface area contributed by atoms with Gasteiger partial charge in [0.25, 0.3) is 0 Å². The lowest BCUT2D eigenvalue weighted by molar-refractivity contribution is 0.336. The molecule has 2 atom stereocenters. The van der Waals surface area contributed by atoms with Crippen LogP contribution in [0.5, 0.6) is 0 Å². The number of nitrogens with one attached hydrogen (secondary N) is 1. The molecule has 1 aliphatic rings. The molecule has 0 aromatic rings. The SMILES string of the molecule is CCCNCC(CC)C1CCS(=O)(=O)C1. The topological polar surface area (TPSA) is 46.2 Å². The van der Waals surface area contributed by atoms with Crippen LogP contribution in [0.3, 0.4) is 0 Å². The molecule has 0 bridgehead atoms. The average Bonchev–Trinajstić information content (AvgIpc) is 2.54. The highest BCUT2D eigenvalue weighted by molar-refractivity contribution is 7.91. The zero-order valence-corrected chi connectivity index (χ0v) is 10.6. The molecule has 90 valence electrons. The van der Waals surface area contributed by atoms with Crippen LogP contribution in [-0.2, 0) is 9.84 Å². The monoisotopic (exact) mass is 233 g/mol. The van der Waals surface area contributed by atoms with Crippen molar-refractivity contribution in [2.24, 2.45) is 11.8 Å². The van der Waals surface area contributed by atoms with Gasteiger partial charge in [-0.2, -0.15) is 0 Å². The van der Waals surface area contributed by atoms with Crippen LogP contribution in [0.15, 0.2) is 0 Å². The molecule has 1 rings (SSSR count). The van der Waals surface area contributed by atoms with Gasteiger partial charge < -0.3 is 5.32 Å². The summed E-state index contributed by atoms with van der Waals surface area (Å²) in [4.78, 5) is 0. The van der Waals surface area contributed by atoms with E-state index >= 15 is 0 Å². The molecule has 1 saturated heterocycles. The molecule has 0 saturated carbocycles. The Morgan fingerprint density at radius 1 is 1.40 bits per heavy atom. The first-order valence-electron chi connectivity index (χ1n) is 6.00. The summed E-state index contributed by atoms with van der Waals surface area (Å²) in [6, 6.07) is 0. The van der Waals surface area contributed by atoms with Crippen molar-refractivity contribution in [2.75, 3.05) is 24.6 Å². The van der Waals surface area contributed by atoms with Crippen molar-refractivity contribution in [2.45, 2.75) is 33.1 Å². The van der Waals surface area contributed by atoms with E-state index < -0.39 is 9.84 Å². The predicted octanol–water partition coefficient (Wildman–Crippen LogP) is 1.45. The van der Waals surface area contributed by atoms with Crippen LogP contribution < -0.4 is 5.32 Å². The van der Waals surface area contributed by atoms with Gasteiger partial charge in [0, 0.05) is 0 Å². The van der Waals surface area contributed by atoms with Crippen LogP contribution in [0.1, 0.15) is 33.1 Å². The lowest BCUT2D eigenvalue weighted by Crippen LogP contribution is -2.29. The first kappa shape index (κ1) is 13.0. The Morgan fingerprint density at radius 2 is 2.13 bits per heavy atom. The van der Waals surface area contributed by atoms with E-state index in [0.717, 1.165) is 32.4 Å². The van der Waals surface area contributed by atoms with Gasteiger partial charge in [0.2, 0.25) is 0 Å². The van der Waals surface area contributed by atoms with Crippen molar-refractivity contribution in [1.29, 1.82) is 0 Å². The van der Waals surface area contributed by atoms with E-state index in [0.29, 0.717) is 23.3 Å². The lowest BCUT2D eigenvalue weighted by atomic mass is 9.89. The van der Waals surface area contributed by atoms with Crippen molar-refractivity contribution in [3.05, 3.63) is 0 Å². The highest BCUT2D eigenvalue weighted by atomic mass is 32.2. The van der Waals surface area contributed by atoms with Gasteiger partial charge >= 0.3 is 0 Å². The lowest BCUT2D eigenvalue weighted by Gasteiger charge is -2.21. The summed E-state index contributed by atoms with van der Waals surface area (Å²) in [5.41, 5.74) is 0. The smallest absolute Gasteiger partial charge is 0.150 e. The zero-order chi connectivity index (χ0) is 11.3. The van der Waals surface area contributed by atoms with E-state index in [2.05, 4.69) is 19.2 Å². The van der Waals surface area contributed by atoms with Crippen LogP contribution in [0, 0.1) is 11.8 Å². The third kappa shape index (κ3) is 4.11. The van der Waals surface area contributed by atoms with Crippen molar-refractivity contribution in [1.82, 2.24) is 5.32 Å². The van der Waals surface area contributed by atoms with Crippen LogP contribution >= 0.6 is 0 Å². The van der Waals surface area contributed by atoms with Crippen molar-refractivity contribution in [3.63, 3.8) is 0 Å². The summed E-state index contributed by atoms with van der Waals surface area (Å²) in [5, 5.41) is 3.40. The maximum atomic E-state index is 11.4. The molecule has 0 aromatic carbocycles. The summed E-state index contributed by atoms with van der Waals surface area (Å²) >= 11 is 0. The van der Waals surface area contributed by atoms with E-state index in [9.17, 15) is 8.42 Å². The normalized spacial score (nSPS) is 26.7. The fraction of sp³-hybridized carbons (Fsp3) is 1.00. The van der Waals surface area contributed by atoms with Crippen LogP contribution in [0.25, 0.3) is 0 Å². The number of sulfone groups is 1. The summed E-state index contributed by atoms with van der Waals surface area (Å²) in [6.45, 7) is 6.32. The van der Waals surface area contributed by atoms with Gasteiger partial charge in [-0.25, -0.2) is 8.42 Å². The van der Waals surface area contributed by atoms with Gasteiger partial charge in [-0.1, -0.05) is 20.3 Å². The van der Waals surface area contributed by atoms with Crippen LogP contribution in [-0.4, -0.2) is 33.0 Å². The second-order valence-electron chi connectivity index (χ2n) is 4.54. The Balaban J connectivity index is 2.39. The van der Waals surface area contributed by atoms with E-state index in [1.54, 1.807) is 0 Å². The maximum Gasteiger partial charge on any atom is 0.150 e. The van der Waals surface area contributed by atoms with Crippen LogP contribution in [0.2, 0.25) is 0 Å². The summed E-state index contributed by atoms with van der Waals surface area (Å²) in [6.07, 6.45) is 3.09. The zero-order valence-electron chi connectivity index (χ0n) is 9.83. The molecule has 15 heavy (non-hydrogen) atoms. The molecule has 0 amide bonds. The number of rotatable bonds is 6. The Labute approximate surface area is 93.6 Å². The predicted molar refractivity (Wildman–Crippen MR) is 63.7 cm³/mol. The molecule has 0 aliphatic carbocycles. The second-order valence-corrected chi connectivity index (χ2v) is 6.76. The van der Waals surface area contributed by atoms with Crippen molar-refractivity contribution >= 4 is 9.84 Å². The third-order valence-electron chi connectivity index (χ3n) is 3.29. The molecule has 0 spiro atoms. The van der Waals surface area contributed by atoms with Gasteiger partial charge in [0.15, 0.2) is 9.84 Å². The van der Waals surface area contributed by atoms with Crippen LogP contribution in [0.4, 0.5) is 0 Å². The molecule has 1 heterocycles. The van der Waals surface area contributed by atoms with Crippen molar-refractivity contribution < 1.29 is 8.42 Å². The fourth-order valence-corrected chi connectivity index (χ4v) is 4.22. The minimum absolute atomic E-state index is 0.393. The molecule has 2 unspecified atom stereocenters. The third-order valence-corrected chi connectivity index (χ3v) is 5.09. The standard InChI is InChI=1S/C11H23NO2S/c1-3-6-12-8-10(4-2)11-5-7-15(13,14)9-11/h10-12H,3-9H2,1-2H3. The van der Waals surface area contributed by atoms with Gasteiger partial charge in [0.1, 0.15) is 0 Å². The molecule has 4 heteroatoms. The highest BCUT2D eigenvalue weighted by Crippen LogP contribution is 2.27. The molecule has 3 nitrogen and oxygen atoms in total. The molecule has 1 N–H and O–H groups in total. The Bertz CT molecular complexity index is 274. The van der Waals surface area contributed by atoms with Gasteiger partial charge in [-0.3, -0.25) is 0 Å². The molecular weight excluding hydrogens is 210 g/mol. The van der Waals surface area contributed by atoms with Gasteiger partial charge in [-0.05, 0) is 37.8 Å². The first-order chi connectivity index (χ1) is 7.09. The Kier molecular flexibility index (Phi) is 5.06. The highest BCUT2D eigenvalue weighted by Gasteiger charge is 2.32. The summed E-state index contributed by atoms with van der Waals surface area (Å²) in [5.74, 6) is 1.75. The summed E-state index contributed by atoms with van der Waals surface area (Å²) < 4.78 is 22.7.